The Labute approximate surface area is 155 Å². The first kappa shape index (κ1) is 19.0. The number of benzene rings is 1. The van der Waals surface area contributed by atoms with Gasteiger partial charge < -0.3 is 15.4 Å². The fourth-order valence-electron chi connectivity index (χ4n) is 2.66. The topological polar surface area (TPSA) is 82.2 Å². The lowest BCUT2D eigenvalue weighted by Gasteiger charge is -2.21. The number of aromatic carboxylic acids is 1. The van der Waals surface area contributed by atoms with Crippen LogP contribution in [0.25, 0.3) is 10.2 Å². The molecule has 1 unspecified atom stereocenters. The zero-order chi connectivity index (χ0) is 19.6. The normalized spacial score (nSPS) is 12.9. The van der Waals surface area contributed by atoms with Crippen LogP contribution in [0, 0.1) is 0 Å². The van der Waals surface area contributed by atoms with E-state index in [1.54, 1.807) is 30.3 Å². The minimum absolute atomic E-state index is 0.0397. The molecule has 5 nitrogen and oxygen atoms in total. The molecule has 0 aliphatic heterocycles. The number of halogens is 3. The minimum Gasteiger partial charge on any atom is -0.477 e. The summed E-state index contributed by atoms with van der Waals surface area (Å²) < 4.78 is 40.4. The van der Waals surface area contributed by atoms with Crippen molar-refractivity contribution in [3.05, 3.63) is 58.6 Å². The lowest BCUT2D eigenvalue weighted by atomic mass is 10.0. The molecular formula is C18H15F3N2O3S. The fourth-order valence-corrected chi connectivity index (χ4v) is 3.56. The third-order valence-electron chi connectivity index (χ3n) is 4.03. The lowest BCUT2D eigenvalue weighted by molar-refractivity contribution is -0.154. The second-order valence-corrected chi connectivity index (χ2v) is 7.05. The SMILES string of the molecule is O=C(NC(CCc1ccccc1)C(F)(F)F)c1cc2sc(C(=O)O)cc2[nH]1. The number of carboxylic acid groups (broad SMARTS) is 1. The van der Waals surface area contributed by atoms with Crippen LogP contribution in [0.5, 0.6) is 0 Å². The molecule has 3 N–H and O–H groups in total. The summed E-state index contributed by atoms with van der Waals surface area (Å²) in [4.78, 5) is 25.9. The molecule has 9 heteroatoms. The fraction of sp³-hybridized carbons (Fsp3) is 0.222. The molecule has 3 rings (SSSR count). The lowest BCUT2D eigenvalue weighted by Crippen LogP contribution is -2.45. The second kappa shape index (κ2) is 7.43. The van der Waals surface area contributed by atoms with E-state index in [-0.39, 0.29) is 23.4 Å². The van der Waals surface area contributed by atoms with Gasteiger partial charge in [-0.3, -0.25) is 4.79 Å². The van der Waals surface area contributed by atoms with Gasteiger partial charge in [0, 0.05) is 0 Å². The van der Waals surface area contributed by atoms with E-state index in [2.05, 4.69) is 4.98 Å². The molecule has 0 saturated heterocycles. The minimum atomic E-state index is -4.58. The van der Waals surface area contributed by atoms with Crippen molar-refractivity contribution >= 4 is 33.4 Å². The monoisotopic (exact) mass is 396 g/mol. The second-order valence-electron chi connectivity index (χ2n) is 5.97. The Kier molecular flexibility index (Phi) is 5.22. The van der Waals surface area contributed by atoms with E-state index >= 15 is 0 Å². The summed E-state index contributed by atoms with van der Waals surface area (Å²) in [5.41, 5.74) is 1.11. The zero-order valence-corrected chi connectivity index (χ0v) is 14.7. The molecule has 3 aromatic rings. The summed E-state index contributed by atoms with van der Waals surface area (Å²) in [6.45, 7) is 0. The molecule has 1 amide bonds. The van der Waals surface area contributed by atoms with Gasteiger partial charge in [0.1, 0.15) is 16.6 Å². The number of aromatic nitrogens is 1. The third kappa shape index (κ3) is 4.48. The van der Waals surface area contributed by atoms with E-state index in [1.165, 1.54) is 12.1 Å². The number of aromatic amines is 1. The van der Waals surface area contributed by atoms with E-state index in [9.17, 15) is 22.8 Å². The number of nitrogens with one attached hydrogen (secondary N) is 2. The molecule has 1 aromatic carbocycles. The number of aryl methyl sites for hydroxylation is 1. The molecule has 0 fully saturated rings. The smallest absolute Gasteiger partial charge is 0.408 e. The number of carboxylic acids is 1. The number of rotatable bonds is 6. The molecular weight excluding hydrogens is 381 g/mol. The zero-order valence-electron chi connectivity index (χ0n) is 13.8. The maximum atomic E-state index is 13.3. The van der Waals surface area contributed by atoms with Gasteiger partial charge in [-0.2, -0.15) is 13.2 Å². The van der Waals surface area contributed by atoms with Crippen LogP contribution in [-0.4, -0.2) is 34.2 Å². The molecule has 0 bridgehead atoms. The molecule has 142 valence electrons. The van der Waals surface area contributed by atoms with Crippen LogP contribution in [0.2, 0.25) is 0 Å². The maximum absolute atomic E-state index is 13.3. The van der Waals surface area contributed by atoms with Crippen molar-refractivity contribution in [2.24, 2.45) is 0 Å². The van der Waals surface area contributed by atoms with Crippen molar-refractivity contribution in [3.63, 3.8) is 0 Å². The van der Waals surface area contributed by atoms with Crippen molar-refractivity contribution in [1.82, 2.24) is 10.3 Å². The van der Waals surface area contributed by atoms with Gasteiger partial charge in [0.05, 0.1) is 10.2 Å². The number of hydrogen-bond donors (Lipinski definition) is 3. The van der Waals surface area contributed by atoms with Gasteiger partial charge in [0.15, 0.2) is 0 Å². The molecule has 27 heavy (non-hydrogen) atoms. The number of H-pyrrole nitrogens is 1. The average molecular weight is 396 g/mol. The molecule has 1 atom stereocenters. The summed E-state index contributed by atoms with van der Waals surface area (Å²) in [5, 5.41) is 11.0. The highest BCUT2D eigenvalue weighted by Crippen LogP contribution is 2.27. The molecule has 0 aliphatic rings. The first-order valence-electron chi connectivity index (χ1n) is 8.01. The number of carbonyl (C=O) groups is 2. The number of fused-ring (bicyclic) bond motifs is 1. The van der Waals surface area contributed by atoms with Gasteiger partial charge in [-0.1, -0.05) is 30.3 Å². The Bertz CT molecular complexity index is 932. The molecule has 0 aliphatic carbocycles. The van der Waals surface area contributed by atoms with Gasteiger partial charge >= 0.3 is 12.1 Å². The highest BCUT2D eigenvalue weighted by Gasteiger charge is 2.40. The van der Waals surface area contributed by atoms with Crippen LogP contribution in [0.1, 0.15) is 32.1 Å². The molecule has 2 aromatic heterocycles. The first-order chi connectivity index (χ1) is 12.7. The number of carbonyl (C=O) groups excluding carboxylic acids is 1. The van der Waals surface area contributed by atoms with Gasteiger partial charge in [0.2, 0.25) is 0 Å². The Morgan fingerprint density at radius 1 is 1.19 bits per heavy atom. The summed E-state index contributed by atoms with van der Waals surface area (Å²) in [6.07, 6.45) is -4.69. The van der Waals surface area contributed by atoms with Crippen molar-refractivity contribution in [2.75, 3.05) is 0 Å². The number of alkyl halides is 3. The quantitative estimate of drug-likeness (QED) is 0.583. The standard InChI is InChI=1S/C18H15F3N2O3S/c19-18(20,21)15(7-6-10-4-2-1-3-5-10)23-16(24)12-9-13-11(22-12)8-14(27-13)17(25)26/h1-5,8-9,15,22H,6-7H2,(H,23,24)(H,25,26). The van der Waals surface area contributed by atoms with E-state index in [0.29, 0.717) is 10.2 Å². The van der Waals surface area contributed by atoms with Crippen LogP contribution in [0.3, 0.4) is 0 Å². The Morgan fingerprint density at radius 2 is 1.89 bits per heavy atom. The van der Waals surface area contributed by atoms with Crippen LogP contribution in [-0.2, 0) is 6.42 Å². The molecule has 0 saturated carbocycles. The highest BCUT2D eigenvalue weighted by molar-refractivity contribution is 7.20. The molecule has 0 radical (unpaired) electrons. The van der Waals surface area contributed by atoms with Crippen molar-refractivity contribution in [2.45, 2.75) is 25.1 Å². The van der Waals surface area contributed by atoms with Gasteiger partial charge in [0.25, 0.3) is 5.91 Å². The predicted octanol–water partition coefficient (Wildman–Crippen LogP) is 4.22. The summed E-state index contributed by atoms with van der Waals surface area (Å²) >= 11 is 0.943. The number of hydrogen-bond acceptors (Lipinski definition) is 3. The number of amides is 1. The van der Waals surface area contributed by atoms with Gasteiger partial charge in [-0.25, -0.2) is 4.79 Å². The van der Waals surface area contributed by atoms with Crippen LogP contribution >= 0.6 is 11.3 Å². The highest BCUT2D eigenvalue weighted by atomic mass is 32.1. The average Bonchev–Trinajstić information content (AvgIpc) is 3.17. The van der Waals surface area contributed by atoms with Crippen LogP contribution in [0.15, 0.2) is 42.5 Å². The number of thiophene rings is 1. The van der Waals surface area contributed by atoms with Gasteiger partial charge in [-0.15, -0.1) is 11.3 Å². The van der Waals surface area contributed by atoms with E-state index in [0.717, 1.165) is 16.9 Å². The van der Waals surface area contributed by atoms with Crippen molar-refractivity contribution < 1.29 is 27.9 Å². The summed E-state index contributed by atoms with van der Waals surface area (Å²) in [5.74, 6) is -1.99. The summed E-state index contributed by atoms with van der Waals surface area (Å²) in [7, 11) is 0. The Balaban J connectivity index is 1.72. The largest absolute Gasteiger partial charge is 0.477 e. The van der Waals surface area contributed by atoms with Crippen molar-refractivity contribution in [1.29, 1.82) is 0 Å². The van der Waals surface area contributed by atoms with Gasteiger partial charge in [-0.05, 0) is 30.5 Å². The van der Waals surface area contributed by atoms with Crippen molar-refractivity contribution in [3.8, 4) is 0 Å². The van der Waals surface area contributed by atoms with E-state index in [1.807, 2.05) is 5.32 Å². The van der Waals surface area contributed by atoms with E-state index in [4.69, 9.17) is 5.11 Å². The Morgan fingerprint density at radius 3 is 2.48 bits per heavy atom. The molecule has 0 spiro atoms. The molecule has 2 heterocycles. The van der Waals surface area contributed by atoms with Crippen LogP contribution < -0.4 is 5.32 Å². The van der Waals surface area contributed by atoms with Crippen LogP contribution in [0.4, 0.5) is 13.2 Å². The first-order valence-corrected chi connectivity index (χ1v) is 8.83. The third-order valence-corrected chi connectivity index (χ3v) is 5.10. The van der Waals surface area contributed by atoms with E-state index < -0.39 is 24.1 Å². The summed E-state index contributed by atoms with van der Waals surface area (Å²) in [6, 6.07) is 9.44. The maximum Gasteiger partial charge on any atom is 0.408 e. The Hall–Kier alpha value is -2.81. The predicted molar refractivity (Wildman–Crippen MR) is 95.2 cm³/mol.